The van der Waals surface area contributed by atoms with E-state index in [0.29, 0.717) is 18.6 Å². The number of carbonyl (C=O) groups is 2. The van der Waals surface area contributed by atoms with Gasteiger partial charge in [0.1, 0.15) is 0 Å². The average Bonchev–Trinajstić information content (AvgIpc) is 2.51. The lowest BCUT2D eigenvalue weighted by atomic mass is 9.88. The molecule has 0 spiro atoms. The van der Waals surface area contributed by atoms with Crippen LogP contribution in [0.5, 0.6) is 0 Å². The molecule has 2 saturated heterocycles. The van der Waals surface area contributed by atoms with Gasteiger partial charge in [-0.25, -0.2) is 0 Å². The first kappa shape index (κ1) is 15.3. The first-order chi connectivity index (χ1) is 9.24. The molecule has 1 amide bonds. The van der Waals surface area contributed by atoms with Gasteiger partial charge in [-0.05, 0) is 52.4 Å². The van der Waals surface area contributed by atoms with Gasteiger partial charge in [0.2, 0.25) is 5.91 Å². The number of carboxylic acids is 1. The van der Waals surface area contributed by atoms with Crippen LogP contribution in [0.2, 0.25) is 0 Å². The summed E-state index contributed by atoms with van der Waals surface area (Å²) in [5.74, 6) is -0.341. The summed E-state index contributed by atoms with van der Waals surface area (Å²) in [7, 11) is 0. The lowest BCUT2D eigenvalue weighted by Gasteiger charge is -2.38. The largest absolute Gasteiger partial charge is 0.481 e. The number of carboxylic acid groups (broad SMARTS) is 1. The zero-order valence-electron chi connectivity index (χ0n) is 12.7. The summed E-state index contributed by atoms with van der Waals surface area (Å²) in [5, 5.41) is 11.9. The van der Waals surface area contributed by atoms with Crippen LogP contribution in [0.4, 0.5) is 0 Å². The molecule has 2 heterocycles. The van der Waals surface area contributed by atoms with Crippen LogP contribution in [0, 0.1) is 5.92 Å². The van der Waals surface area contributed by atoms with Gasteiger partial charge < -0.3 is 10.4 Å². The summed E-state index contributed by atoms with van der Waals surface area (Å²) in [4.78, 5) is 25.2. The number of nitrogens with zero attached hydrogens (tertiary/aromatic N) is 1. The molecule has 114 valence electrons. The summed E-state index contributed by atoms with van der Waals surface area (Å²) in [6.07, 6.45) is 4.32. The predicted octanol–water partition coefficient (Wildman–Crippen LogP) is 1.62. The highest BCUT2D eigenvalue weighted by Crippen LogP contribution is 2.39. The minimum absolute atomic E-state index is 0.0751. The Balaban J connectivity index is 1.89. The van der Waals surface area contributed by atoms with Crippen molar-refractivity contribution in [3.63, 3.8) is 0 Å². The van der Waals surface area contributed by atoms with Gasteiger partial charge in [0.05, 0.1) is 6.54 Å². The maximum Gasteiger partial charge on any atom is 0.303 e. The summed E-state index contributed by atoms with van der Waals surface area (Å²) in [6.45, 7) is 6.40. The molecule has 2 aliphatic rings. The topological polar surface area (TPSA) is 69.6 Å². The monoisotopic (exact) mass is 282 g/mol. The van der Waals surface area contributed by atoms with Crippen molar-refractivity contribution in [3.05, 3.63) is 0 Å². The van der Waals surface area contributed by atoms with Crippen LogP contribution in [0.15, 0.2) is 0 Å². The van der Waals surface area contributed by atoms with Crippen LogP contribution in [0.1, 0.15) is 52.9 Å². The molecule has 5 nitrogen and oxygen atoms in total. The van der Waals surface area contributed by atoms with Crippen molar-refractivity contribution in [2.45, 2.75) is 70.5 Å². The lowest BCUT2D eigenvalue weighted by molar-refractivity contribution is -0.139. The number of aliphatic carboxylic acids is 1. The number of amides is 1. The van der Waals surface area contributed by atoms with Gasteiger partial charge in [-0.1, -0.05) is 0 Å². The van der Waals surface area contributed by atoms with Crippen LogP contribution in [-0.2, 0) is 9.59 Å². The molecule has 2 aliphatic heterocycles. The quantitative estimate of drug-likeness (QED) is 0.822. The van der Waals surface area contributed by atoms with E-state index in [2.05, 4.69) is 10.2 Å². The molecule has 5 heteroatoms. The summed E-state index contributed by atoms with van der Waals surface area (Å²) < 4.78 is 0. The van der Waals surface area contributed by atoms with E-state index in [1.807, 2.05) is 20.8 Å². The SMILES string of the molecule is CC(C)(C)NC(=O)CN1C2CCC1CC(CC(=O)O)C2. The van der Waals surface area contributed by atoms with Crippen molar-refractivity contribution in [2.24, 2.45) is 5.92 Å². The second-order valence-corrected chi connectivity index (χ2v) is 7.29. The second kappa shape index (κ2) is 5.72. The molecule has 2 bridgehead atoms. The highest BCUT2D eigenvalue weighted by Gasteiger charge is 2.41. The molecule has 20 heavy (non-hydrogen) atoms. The third-order valence-electron chi connectivity index (χ3n) is 4.29. The molecule has 2 unspecified atom stereocenters. The highest BCUT2D eigenvalue weighted by atomic mass is 16.4. The van der Waals surface area contributed by atoms with Crippen molar-refractivity contribution in [1.29, 1.82) is 0 Å². The molecule has 2 fully saturated rings. The minimum Gasteiger partial charge on any atom is -0.481 e. The Morgan fingerprint density at radius 1 is 1.20 bits per heavy atom. The van der Waals surface area contributed by atoms with Crippen LogP contribution in [0.25, 0.3) is 0 Å². The number of rotatable bonds is 4. The fourth-order valence-electron chi connectivity index (χ4n) is 3.68. The number of piperidine rings is 1. The first-order valence-electron chi connectivity index (χ1n) is 7.53. The van der Waals surface area contributed by atoms with E-state index in [0.717, 1.165) is 25.7 Å². The van der Waals surface area contributed by atoms with Gasteiger partial charge in [-0.2, -0.15) is 0 Å². The number of carbonyl (C=O) groups excluding carboxylic acids is 1. The summed E-state index contributed by atoms with van der Waals surface area (Å²) in [5.41, 5.74) is -0.197. The Morgan fingerprint density at radius 2 is 1.75 bits per heavy atom. The molecule has 0 aromatic rings. The Morgan fingerprint density at radius 3 is 2.20 bits per heavy atom. The molecular weight excluding hydrogens is 256 g/mol. The fraction of sp³-hybridized carbons (Fsp3) is 0.867. The maximum absolute atomic E-state index is 12.1. The van der Waals surface area contributed by atoms with Gasteiger partial charge in [0, 0.05) is 24.0 Å². The normalized spacial score (nSPS) is 30.2. The zero-order valence-corrected chi connectivity index (χ0v) is 12.7. The Kier molecular flexibility index (Phi) is 4.37. The maximum atomic E-state index is 12.1. The summed E-state index contributed by atoms with van der Waals surface area (Å²) in [6, 6.07) is 0.785. The van der Waals surface area contributed by atoms with E-state index in [4.69, 9.17) is 5.11 Å². The molecule has 2 N–H and O–H groups in total. The molecule has 0 aromatic heterocycles. The molecule has 0 aliphatic carbocycles. The van der Waals surface area contributed by atoms with Crippen molar-refractivity contribution < 1.29 is 14.7 Å². The molecule has 0 radical (unpaired) electrons. The van der Waals surface area contributed by atoms with E-state index in [1.54, 1.807) is 0 Å². The third kappa shape index (κ3) is 3.95. The average molecular weight is 282 g/mol. The van der Waals surface area contributed by atoms with Gasteiger partial charge >= 0.3 is 5.97 Å². The number of nitrogens with one attached hydrogen (secondary N) is 1. The van der Waals surface area contributed by atoms with Gasteiger partial charge in [-0.15, -0.1) is 0 Å². The molecule has 0 aromatic carbocycles. The fourth-order valence-corrected chi connectivity index (χ4v) is 3.68. The zero-order chi connectivity index (χ0) is 14.9. The smallest absolute Gasteiger partial charge is 0.303 e. The summed E-state index contributed by atoms with van der Waals surface area (Å²) >= 11 is 0. The van der Waals surface area contributed by atoms with Crippen LogP contribution < -0.4 is 5.32 Å². The Bertz CT molecular complexity index is 375. The second-order valence-electron chi connectivity index (χ2n) is 7.29. The minimum atomic E-state index is -0.701. The van der Waals surface area contributed by atoms with E-state index in [9.17, 15) is 9.59 Å². The van der Waals surface area contributed by atoms with E-state index in [1.165, 1.54) is 0 Å². The van der Waals surface area contributed by atoms with Crippen LogP contribution in [-0.4, -0.2) is 46.1 Å². The Labute approximate surface area is 120 Å². The number of fused-ring (bicyclic) bond motifs is 2. The number of hydrogen-bond acceptors (Lipinski definition) is 3. The third-order valence-corrected chi connectivity index (χ3v) is 4.29. The van der Waals surface area contributed by atoms with E-state index < -0.39 is 5.97 Å². The van der Waals surface area contributed by atoms with Gasteiger partial charge in [0.25, 0.3) is 0 Å². The van der Waals surface area contributed by atoms with Crippen molar-refractivity contribution >= 4 is 11.9 Å². The Hall–Kier alpha value is -1.10. The molecule has 0 saturated carbocycles. The van der Waals surface area contributed by atoms with Crippen molar-refractivity contribution in [2.75, 3.05) is 6.54 Å². The molecule has 2 rings (SSSR count). The van der Waals surface area contributed by atoms with Crippen molar-refractivity contribution in [3.8, 4) is 0 Å². The van der Waals surface area contributed by atoms with Gasteiger partial charge in [-0.3, -0.25) is 14.5 Å². The molecular formula is C15H26N2O3. The lowest BCUT2D eigenvalue weighted by Crippen LogP contribution is -2.51. The standard InChI is InChI=1S/C15H26N2O3/c1-15(2,3)16-13(18)9-17-11-4-5-12(17)7-10(6-11)8-14(19)20/h10-12H,4-9H2,1-3H3,(H,16,18)(H,19,20). The number of hydrogen-bond donors (Lipinski definition) is 2. The van der Waals surface area contributed by atoms with Crippen LogP contribution in [0.3, 0.4) is 0 Å². The predicted molar refractivity (Wildman–Crippen MR) is 76.4 cm³/mol. The van der Waals surface area contributed by atoms with E-state index in [-0.39, 0.29) is 23.8 Å². The van der Waals surface area contributed by atoms with Crippen LogP contribution >= 0.6 is 0 Å². The highest BCUT2D eigenvalue weighted by molar-refractivity contribution is 5.78. The molecule has 2 atom stereocenters. The van der Waals surface area contributed by atoms with Crippen molar-refractivity contribution in [1.82, 2.24) is 10.2 Å². The van der Waals surface area contributed by atoms with E-state index >= 15 is 0 Å². The first-order valence-corrected chi connectivity index (χ1v) is 7.53. The van der Waals surface area contributed by atoms with Gasteiger partial charge in [0.15, 0.2) is 0 Å².